The Morgan fingerprint density at radius 3 is 1.46 bits per heavy atom. The third-order valence-corrected chi connectivity index (χ3v) is 9.46. The van der Waals surface area contributed by atoms with Crippen LogP contribution in [0.1, 0.15) is 0 Å². The van der Waals surface area contributed by atoms with Gasteiger partial charge >= 0.3 is 212 Å². The molecule has 0 aliphatic heterocycles. The summed E-state index contributed by atoms with van der Waals surface area (Å²) in [6.07, 6.45) is 0. The van der Waals surface area contributed by atoms with E-state index in [-0.39, 0.29) is 15.0 Å². The van der Waals surface area contributed by atoms with Gasteiger partial charge in [0.2, 0.25) is 0 Å². The fourth-order valence-electron chi connectivity index (χ4n) is 5.33. The summed E-state index contributed by atoms with van der Waals surface area (Å²) in [6.45, 7) is 0. The van der Waals surface area contributed by atoms with Gasteiger partial charge in [-0.05, 0) is 0 Å². The first-order valence-electron chi connectivity index (χ1n) is 12.0. The molecule has 0 atom stereocenters. The van der Waals surface area contributed by atoms with Crippen molar-refractivity contribution in [3.8, 4) is 11.1 Å². The first-order chi connectivity index (χ1) is 17.4. The zero-order valence-electron chi connectivity index (χ0n) is 19.1. The molecule has 1 heteroatoms. The van der Waals surface area contributed by atoms with Gasteiger partial charge in [-0.3, -0.25) is 0 Å². The molecule has 164 valence electrons. The van der Waals surface area contributed by atoms with Gasteiger partial charge in [-0.25, -0.2) is 0 Å². The second-order valence-electron chi connectivity index (χ2n) is 8.90. The molecule has 0 aromatic heterocycles. The number of hydrogen-bond donors (Lipinski definition) is 0. The molecule has 0 saturated heterocycles. The summed E-state index contributed by atoms with van der Waals surface area (Å²) in [5.41, 5.74) is 2.64. The molecule has 0 N–H and O–H groups in total. The number of benzene rings is 7. The van der Waals surface area contributed by atoms with Gasteiger partial charge in [-0.2, -0.15) is 0 Å². The molecule has 7 aromatic rings. The molecular formula is C34H22Se. The molecule has 0 fully saturated rings. The molecule has 0 aliphatic rings. The van der Waals surface area contributed by atoms with Gasteiger partial charge in [-0.1, -0.05) is 0 Å². The molecule has 35 heavy (non-hydrogen) atoms. The van der Waals surface area contributed by atoms with Gasteiger partial charge in [0, 0.05) is 0 Å². The topological polar surface area (TPSA) is 0 Å². The zero-order valence-corrected chi connectivity index (χ0v) is 20.8. The molecule has 0 radical (unpaired) electrons. The van der Waals surface area contributed by atoms with Gasteiger partial charge in [0.05, 0.1) is 0 Å². The molecule has 0 amide bonds. The average molecular weight is 510 g/mol. The molecule has 0 aliphatic carbocycles. The molecule has 7 rings (SSSR count). The second kappa shape index (κ2) is 8.40. The summed E-state index contributed by atoms with van der Waals surface area (Å²) in [5.74, 6) is 0. The van der Waals surface area contributed by atoms with Crippen molar-refractivity contribution < 1.29 is 0 Å². The monoisotopic (exact) mass is 510 g/mol. The van der Waals surface area contributed by atoms with Crippen LogP contribution in [0.2, 0.25) is 0 Å². The molecule has 0 unspecified atom stereocenters. The van der Waals surface area contributed by atoms with Crippen molar-refractivity contribution in [2.75, 3.05) is 0 Å². The SMILES string of the molecule is c1ccc2c([Se]c3c4ccccc4c(-c4cccc5ccccc45)c4ccccc34)cccc2c1. The van der Waals surface area contributed by atoms with Crippen LogP contribution in [0.5, 0.6) is 0 Å². The number of hydrogen-bond acceptors (Lipinski definition) is 0. The Labute approximate surface area is 211 Å². The van der Waals surface area contributed by atoms with E-state index in [1.807, 2.05) is 0 Å². The Balaban J connectivity index is 1.58. The van der Waals surface area contributed by atoms with Gasteiger partial charge in [0.25, 0.3) is 0 Å². The van der Waals surface area contributed by atoms with Crippen LogP contribution in [0.3, 0.4) is 0 Å². The van der Waals surface area contributed by atoms with Gasteiger partial charge in [0.1, 0.15) is 0 Å². The van der Waals surface area contributed by atoms with E-state index in [2.05, 4.69) is 133 Å². The van der Waals surface area contributed by atoms with Crippen LogP contribution in [0.4, 0.5) is 0 Å². The quantitative estimate of drug-likeness (QED) is 0.170. The maximum atomic E-state index is 2.32. The van der Waals surface area contributed by atoms with E-state index in [0.29, 0.717) is 0 Å². The summed E-state index contributed by atoms with van der Waals surface area (Å²) in [4.78, 5) is 0. The average Bonchev–Trinajstić information content (AvgIpc) is 2.93. The van der Waals surface area contributed by atoms with Crippen molar-refractivity contribution in [3.63, 3.8) is 0 Å². The van der Waals surface area contributed by atoms with E-state index in [1.165, 1.54) is 63.1 Å². The molecule has 0 spiro atoms. The molecule has 0 nitrogen and oxygen atoms in total. The summed E-state index contributed by atoms with van der Waals surface area (Å²) in [5, 5.41) is 10.7. The zero-order chi connectivity index (χ0) is 23.2. The van der Waals surface area contributed by atoms with Crippen LogP contribution in [-0.4, -0.2) is 15.0 Å². The van der Waals surface area contributed by atoms with Crippen molar-refractivity contribution in [1.82, 2.24) is 0 Å². The minimum atomic E-state index is 0.164. The number of fused-ring (bicyclic) bond motifs is 4. The minimum absolute atomic E-state index is 0.164. The van der Waals surface area contributed by atoms with Crippen LogP contribution in [0.15, 0.2) is 133 Å². The van der Waals surface area contributed by atoms with Crippen LogP contribution < -0.4 is 8.92 Å². The fourth-order valence-corrected chi connectivity index (χ4v) is 7.92. The van der Waals surface area contributed by atoms with E-state index < -0.39 is 0 Å². The van der Waals surface area contributed by atoms with E-state index in [0.717, 1.165) is 0 Å². The predicted octanol–water partition coefficient (Wildman–Crippen LogP) is 7.62. The van der Waals surface area contributed by atoms with Gasteiger partial charge in [-0.15, -0.1) is 0 Å². The summed E-state index contributed by atoms with van der Waals surface area (Å²) < 4.78 is 2.90. The normalized spacial score (nSPS) is 11.5. The Hall–Kier alpha value is -3.90. The molecule has 0 heterocycles. The van der Waals surface area contributed by atoms with Crippen molar-refractivity contribution in [2.24, 2.45) is 0 Å². The summed E-state index contributed by atoms with van der Waals surface area (Å²) in [6, 6.07) is 48.9. The van der Waals surface area contributed by atoms with Crippen LogP contribution >= 0.6 is 0 Å². The fraction of sp³-hybridized carbons (Fsp3) is 0. The van der Waals surface area contributed by atoms with Crippen LogP contribution in [-0.2, 0) is 0 Å². The molecule has 0 saturated carbocycles. The van der Waals surface area contributed by atoms with Crippen molar-refractivity contribution in [1.29, 1.82) is 0 Å². The van der Waals surface area contributed by atoms with Crippen molar-refractivity contribution in [2.45, 2.75) is 0 Å². The first kappa shape index (κ1) is 20.5. The van der Waals surface area contributed by atoms with Crippen LogP contribution in [0.25, 0.3) is 54.2 Å². The van der Waals surface area contributed by atoms with E-state index in [9.17, 15) is 0 Å². The van der Waals surface area contributed by atoms with Crippen molar-refractivity contribution in [3.05, 3.63) is 133 Å². The van der Waals surface area contributed by atoms with E-state index in [1.54, 1.807) is 0 Å². The summed E-state index contributed by atoms with van der Waals surface area (Å²) in [7, 11) is 0. The summed E-state index contributed by atoms with van der Waals surface area (Å²) >= 11 is 0.164. The van der Waals surface area contributed by atoms with E-state index in [4.69, 9.17) is 0 Å². The Kier molecular flexibility index (Phi) is 4.91. The Bertz CT molecular complexity index is 1810. The maximum absolute atomic E-state index is 2.32. The Morgan fingerprint density at radius 2 is 0.800 bits per heavy atom. The van der Waals surface area contributed by atoms with Gasteiger partial charge < -0.3 is 0 Å². The third kappa shape index (κ3) is 3.36. The third-order valence-electron chi connectivity index (χ3n) is 6.90. The van der Waals surface area contributed by atoms with E-state index >= 15 is 0 Å². The van der Waals surface area contributed by atoms with Gasteiger partial charge in [0.15, 0.2) is 0 Å². The standard InChI is InChI=1S/C34H22Se/c1-3-15-25-23(11-1)13-9-21-27(25)33-28-17-5-7-19-30(28)34(31-20-8-6-18-29(31)33)35-32-22-10-14-24-12-2-4-16-26(24)32/h1-22H. The van der Waals surface area contributed by atoms with Crippen LogP contribution in [0, 0.1) is 0 Å². The molecular weight excluding hydrogens is 487 g/mol. The molecule has 0 bridgehead atoms. The molecule has 7 aromatic carbocycles. The Morgan fingerprint density at radius 1 is 0.343 bits per heavy atom. The predicted molar refractivity (Wildman–Crippen MR) is 153 cm³/mol. The van der Waals surface area contributed by atoms with Crippen molar-refractivity contribution >= 4 is 67.0 Å². The first-order valence-corrected chi connectivity index (χ1v) is 13.7. The second-order valence-corrected chi connectivity index (χ2v) is 11.1. The number of rotatable bonds is 3.